The van der Waals surface area contributed by atoms with Crippen molar-refractivity contribution in [2.24, 2.45) is 4.99 Å². The minimum Gasteiger partial charge on any atom is -0.497 e. The average molecular weight is 560 g/mol. The standard InChI is InChI=1S/C22H33N5O2S.HI/c1-22(2,3)20-26-17(15-30-20)11-12-23-21(25-14-19(28)27(4)5)24-13-16-7-9-18(29-6)10-8-16;/h7-10,15H,11-14H2,1-6H3,(H2,23,24,25);1H. The highest BCUT2D eigenvalue weighted by Crippen LogP contribution is 2.25. The molecule has 0 saturated carbocycles. The maximum Gasteiger partial charge on any atom is 0.241 e. The highest BCUT2D eigenvalue weighted by molar-refractivity contribution is 14.0. The van der Waals surface area contributed by atoms with E-state index in [1.54, 1.807) is 37.4 Å². The lowest BCUT2D eigenvalue weighted by molar-refractivity contribution is -0.127. The smallest absolute Gasteiger partial charge is 0.241 e. The minimum absolute atomic E-state index is 0. The Bertz CT molecular complexity index is 844. The number of halogens is 1. The van der Waals surface area contributed by atoms with E-state index in [0.717, 1.165) is 28.4 Å². The number of carbonyl (C=O) groups excluding carboxylic acids is 1. The van der Waals surface area contributed by atoms with Crippen molar-refractivity contribution in [1.82, 2.24) is 20.5 Å². The van der Waals surface area contributed by atoms with Crippen LogP contribution in [0.3, 0.4) is 0 Å². The molecule has 0 fully saturated rings. The number of thiazole rings is 1. The number of nitrogens with zero attached hydrogens (tertiary/aromatic N) is 3. The fourth-order valence-corrected chi connectivity index (χ4v) is 3.41. The zero-order valence-corrected chi connectivity index (χ0v) is 22.3. The third-order valence-electron chi connectivity index (χ3n) is 4.35. The molecule has 9 heteroatoms. The molecule has 0 radical (unpaired) electrons. The van der Waals surface area contributed by atoms with Crippen LogP contribution in [0, 0.1) is 0 Å². The first-order valence-electron chi connectivity index (χ1n) is 9.99. The third-order valence-corrected chi connectivity index (χ3v) is 5.67. The molecule has 0 spiro atoms. The molecule has 2 aromatic rings. The lowest BCUT2D eigenvalue weighted by atomic mass is 9.98. The van der Waals surface area contributed by atoms with Crippen molar-refractivity contribution < 1.29 is 9.53 Å². The summed E-state index contributed by atoms with van der Waals surface area (Å²) in [6.07, 6.45) is 0.789. The van der Waals surface area contributed by atoms with Gasteiger partial charge in [-0.05, 0) is 17.7 Å². The molecular formula is C22H34IN5O2S. The first-order valence-corrected chi connectivity index (χ1v) is 10.9. The quantitative estimate of drug-likeness (QED) is 0.295. The maximum absolute atomic E-state index is 11.9. The molecule has 2 N–H and O–H groups in total. The van der Waals surface area contributed by atoms with Gasteiger partial charge in [0, 0.05) is 37.9 Å². The van der Waals surface area contributed by atoms with Gasteiger partial charge in [0.25, 0.3) is 0 Å². The van der Waals surface area contributed by atoms with E-state index >= 15 is 0 Å². The second-order valence-corrected chi connectivity index (χ2v) is 9.08. The number of amides is 1. The van der Waals surface area contributed by atoms with Gasteiger partial charge in [0.2, 0.25) is 5.91 Å². The molecule has 31 heavy (non-hydrogen) atoms. The van der Waals surface area contributed by atoms with Crippen LogP contribution in [0.2, 0.25) is 0 Å². The SMILES string of the molecule is COc1ccc(CN=C(NCCc2csc(C(C)(C)C)n2)NCC(=O)N(C)C)cc1.I. The number of hydrogen-bond donors (Lipinski definition) is 2. The number of hydrogen-bond acceptors (Lipinski definition) is 5. The number of rotatable bonds is 8. The fraction of sp³-hybridized carbons (Fsp3) is 0.500. The number of ether oxygens (including phenoxy) is 1. The van der Waals surface area contributed by atoms with Crippen molar-refractivity contribution in [2.45, 2.75) is 39.2 Å². The topological polar surface area (TPSA) is 78.8 Å². The Labute approximate surface area is 206 Å². The van der Waals surface area contributed by atoms with Gasteiger partial charge < -0.3 is 20.3 Å². The van der Waals surface area contributed by atoms with Crippen LogP contribution < -0.4 is 15.4 Å². The molecule has 172 valence electrons. The summed E-state index contributed by atoms with van der Waals surface area (Å²) in [6.45, 7) is 7.88. The van der Waals surface area contributed by atoms with Gasteiger partial charge in [-0.15, -0.1) is 35.3 Å². The van der Waals surface area contributed by atoms with Gasteiger partial charge >= 0.3 is 0 Å². The number of benzene rings is 1. The van der Waals surface area contributed by atoms with E-state index in [1.165, 1.54) is 0 Å². The zero-order valence-electron chi connectivity index (χ0n) is 19.2. The van der Waals surface area contributed by atoms with Crippen molar-refractivity contribution in [3.8, 4) is 5.75 Å². The zero-order chi connectivity index (χ0) is 22.1. The molecule has 0 bridgehead atoms. The average Bonchev–Trinajstić information content (AvgIpc) is 3.19. The van der Waals surface area contributed by atoms with Crippen molar-refractivity contribution in [3.05, 3.63) is 45.9 Å². The molecule has 1 heterocycles. The van der Waals surface area contributed by atoms with Gasteiger partial charge in [-0.2, -0.15) is 0 Å². The van der Waals surface area contributed by atoms with Crippen molar-refractivity contribution in [2.75, 3.05) is 34.3 Å². The van der Waals surface area contributed by atoms with Crippen LogP contribution in [0.5, 0.6) is 5.75 Å². The van der Waals surface area contributed by atoms with Gasteiger partial charge in [0.05, 0.1) is 30.9 Å². The monoisotopic (exact) mass is 559 g/mol. The highest BCUT2D eigenvalue weighted by Gasteiger charge is 2.17. The molecule has 1 aromatic carbocycles. The molecular weight excluding hydrogens is 525 g/mol. The Morgan fingerprint density at radius 3 is 2.42 bits per heavy atom. The third kappa shape index (κ3) is 9.42. The largest absolute Gasteiger partial charge is 0.497 e. The maximum atomic E-state index is 11.9. The number of aliphatic imine (C=N–C) groups is 1. The van der Waals surface area contributed by atoms with Gasteiger partial charge in [-0.3, -0.25) is 4.79 Å². The van der Waals surface area contributed by atoms with Crippen LogP contribution in [-0.4, -0.2) is 56.0 Å². The Morgan fingerprint density at radius 2 is 1.87 bits per heavy atom. The molecule has 0 atom stereocenters. The molecule has 2 rings (SSSR count). The Balaban J connectivity index is 0.00000480. The van der Waals surface area contributed by atoms with Crippen LogP contribution in [0.15, 0.2) is 34.6 Å². The summed E-state index contributed by atoms with van der Waals surface area (Å²) in [5, 5.41) is 9.68. The lowest BCUT2D eigenvalue weighted by Gasteiger charge is -2.15. The van der Waals surface area contributed by atoms with Crippen LogP contribution >= 0.6 is 35.3 Å². The van der Waals surface area contributed by atoms with E-state index in [1.807, 2.05) is 24.3 Å². The molecule has 1 amide bonds. The Morgan fingerprint density at radius 1 is 1.19 bits per heavy atom. The Kier molecular flexibility index (Phi) is 11.3. The summed E-state index contributed by atoms with van der Waals surface area (Å²) in [7, 11) is 5.12. The molecule has 0 unspecified atom stereocenters. The normalized spacial score (nSPS) is 11.5. The summed E-state index contributed by atoms with van der Waals surface area (Å²) < 4.78 is 5.19. The van der Waals surface area contributed by atoms with E-state index in [2.05, 4.69) is 41.8 Å². The molecule has 0 saturated heterocycles. The number of methoxy groups -OCH3 is 1. The molecule has 0 aliphatic carbocycles. The first-order chi connectivity index (χ1) is 14.2. The first kappa shape index (κ1) is 27.2. The summed E-state index contributed by atoms with van der Waals surface area (Å²) in [4.78, 5) is 22.8. The molecule has 1 aromatic heterocycles. The highest BCUT2D eigenvalue weighted by atomic mass is 127. The van der Waals surface area contributed by atoms with Crippen LogP contribution in [0.4, 0.5) is 0 Å². The van der Waals surface area contributed by atoms with Crippen LogP contribution in [0.25, 0.3) is 0 Å². The van der Waals surface area contributed by atoms with Gasteiger partial charge in [0.15, 0.2) is 5.96 Å². The van der Waals surface area contributed by atoms with E-state index in [4.69, 9.17) is 9.72 Å². The van der Waals surface area contributed by atoms with Crippen molar-refractivity contribution >= 4 is 47.2 Å². The van der Waals surface area contributed by atoms with Crippen LogP contribution in [0.1, 0.15) is 37.0 Å². The van der Waals surface area contributed by atoms with Gasteiger partial charge in [0.1, 0.15) is 5.75 Å². The van der Waals surface area contributed by atoms with E-state index in [0.29, 0.717) is 19.0 Å². The predicted molar refractivity (Wildman–Crippen MR) is 139 cm³/mol. The second kappa shape index (κ2) is 12.8. The lowest BCUT2D eigenvalue weighted by Crippen LogP contribution is -2.43. The van der Waals surface area contributed by atoms with Crippen molar-refractivity contribution in [1.29, 1.82) is 0 Å². The second-order valence-electron chi connectivity index (χ2n) is 8.23. The fourth-order valence-electron chi connectivity index (χ4n) is 2.47. The summed E-state index contributed by atoms with van der Waals surface area (Å²) in [6, 6.07) is 7.79. The summed E-state index contributed by atoms with van der Waals surface area (Å²) in [5.41, 5.74) is 2.19. The van der Waals surface area contributed by atoms with Crippen LogP contribution in [-0.2, 0) is 23.2 Å². The van der Waals surface area contributed by atoms with Gasteiger partial charge in [-0.25, -0.2) is 9.98 Å². The predicted octanol–water partition coefficient (Wildman–Crippen LogP) is 3.43. The van der Waals surface area contributed by atoms with Crippen molar-refractivity contribution in [3.63, 3.8) is 0 Å². The summed E-state index contributed by atoms with van der Waals surface area (Å²) in [5.74, 6) is 1.41. The van der Waals surface area contributed by atoms with E-state index in [9.17, 15) is 4.79 Å². The number of likely N-dealkylation sites (N-methyl/N-ethyl adjacent to an activating group) is 1. The van der Waals surface area contributed by atoms with E-state index < -0.39 is 0 Å². The molecule has 0 aliphatic heterocycles. The number of guanidine groups is 1. The number of nitrogens with one attached hydrogen (secondary N) is 2. The molecule has 0 aliphatic rings. The van der Waals surface area contributed by atoms with Gasteiger partial charge in [-0.1, -0.05) is 32.9 Å². The summed E-state index contributed by atoms with van der Waals surface area (Å²) >= 11 is 1.70. The molecule has 7 nitrogen and oxygen atoms in total. The Hall–Kier alpha value is -1.88. The number of aromatic nitrogens is 1. The van der Waals surface area contributed by atoms with E-state index in [-0.39, 0.29) is 41.8 Å². The number of carbonyl (C=O) groups is 1. The minimum atomic E-state index is -0.0109.